The van der Waals surface area contributed by atoms with Gasteiger partial charge in [0.25, 0.3) is 0 Å². The lowest BCUT2D eigenvalue weighted by Gasteiger charge is -2.19. The van der Waals surface area contributed by atoms with E-state index in [0.29, 0.717) is 25.9 Å². The van der Waals surface area contributed by atoms with E-state index in [0.717, 1.165) is 6.42 Å². The van der Waals surface area contributed by atoms with E-state index in [-0.39, 0.29) is 24.8 Å². The number of ether oxygens (including phenoxy) is 1. The van der Waals surface area contributed by atoms with Gasteiger partial charge in [-0.25, -0.2) is 4.79 Å². The van der Waals surface area contributed by atoms with Crippen molar-refractivity contribution in [2.45, 2.75) is 59.0 Å². The quantitative estimate of drug-likeness (QED) is 0.534. The highest BCUT2D eigenvalue weighted by Crippen LogP contribution is 2.09. The van der Waals surface area contributed by atoms with Crippen LogP contribution in [0.15, 0.2) is 24.3 Å². The van der Waals surface area contributed by atoms with E-state index in [1.807, 2.05) is 31.2 Å². The molecule has 1 aromatic carbocycles. The zero-order valence-corrected chi connectivity index (χ0v) is 17.4. The van der Waals surface area contributed by atoms with Crippen molar-refractivity contribution in [2.24, 2.45) is 0 Å². The van der Waals surface area contributed by atoms with Gasteiger partial charge in [0.05, 0.1) is 0 Å². The molecule has 1 rings (SSSR count). The lowest BCUT2D eigenvalue weighted by atomic mass is 10.0. The molecule has 28 heavy (non-hydrogen) atoms. The van der Waals surface area contributed by atoms with E-state index in [2.05, 4.69) is 16.0 Å². The molecule has 0 heterocycles. The summed E-state index contributed by atoms with van der Waals surface area (Å²) in [5.74, 6) is -0.141. The van der Waals surface area contributed by atoms with Crippen molar-refractivity contribution >= 4 is 17.9 Å². The Morgan fingerprint density at radius 1 is 0.893 bits per heavy atom. The van der Waals surface area contributed by atoms with Crippen molar-refractivity contribution in [2.75, 3.05) is 19.6 Å². The molecule has 0 bridgehead atoms. The first-order chi connectivity index (χ1) is 13.2. The smallest absolute Gasteiger partial charge is 0.407 e. The van der Waals surface area contributed by atoms with E-state index in [4.69, 9.17) is 4.74 Å². The van der Waals surface area contributed by atoms with Gasteiger partial charge in [-0.05, 0) is 51.7 Å². The number of hydrogen-bond acceptors (Lipinski definition) is 4. The number of aryl methyl sites for hydroxylation is 2. The van der Waals surface area contributed by atoms with Crippen molar-refractivity contribution in [3.63, 3.8) is 0 Å². The van der Waals surface area contributed by atoms with Crippen LogP contribution in [0.5, 0.6) is 0 Å². The SMILES string of the molecule is Cc1ccccc1CCC(=O)NCCCNC(=O)CCNC(=O)OC(C)(C)C. The molecule has 0 aliphatic heterocycles. The van der Waals surface area contributed by atoms with Gasteiger partial charge in [-0.3, -0.25) is 9.59 Å². The van der Waals surface area contributed by atoms with Gasteiger partial charge in [-0.2, -0.15) is 0 Å². The predicted molar refractivity (Wildman–Crippen MR) is 109 cm³/mol. The molecule has 7 nitrogen and oxygen atoms in total. The van der Waals surface area contributed by atoms with Crippen LogP contribution >= 0.6 is 0 Å². The summed E-state index contributed by atoms with van der Waals surface area (Å²) in [4.78, 5) is 35.0. The summed E-state index contributed by atoms with van der Waals surface area (Å²) < 4.78 is 5.09. The topological polar surface area (TPSA) is 96.5 Å². The monoisotopic (exact) mass is 391 g/mol. The molecule has 0 aliphatic rings. The number of alkyl carbamates (subject to hydrolysis) is 1. The Balaban J connectivity index is 2.04. The van der Waals surface area contributed by atoms with Crippen LogP contribution in [0.4, 0.5) is 4.79 Å². The molecule has 0 spiro atoms. The van der Waals surface area contributed by atoms with E-state index in [1.165, 1.54) is 11.1 Å². The van der Waals surface area contributed by atoms with Gasteiger partial charge in [-0.15, -0.1) is 0 Å². The molecule has 0 fully saturated rings. The number of carbonyl (C=O) groups excluding carboxylic acids is 3. The Hall–Kier alpha value is -2.57. The highest BCUT2D eigenvalue weighted by atomic mass is 16.6. The van der Waals surface area contributed by atoms with Gasteiger partial charge in [0.15, 0.2) is 0 Å². The fourth-order valence-electron chi connectivity index (χ4n) is 2.45. The van der Waals surface area contributed by atoms with Crippen molar-refractivity contribution < 1.29 is 19.1 Å². The van der Waals surface area contributed by atoms with E-state index in [1.54, 1.807) is 20.8 Å². The third-order valence-electron chi connectivity index (χ3n) is 3.90. The summed E-state index contributed by atoms with van der Waals surface area (Å²) >= 11 is 0. The molecule has 0 aliphatic carbocycles. The Morgan fingerprint density at radius 2 is 1.50 bits per heavy atom. The molecule has 0 saturated heterocycles. The van der Waals surface area contributed by atoms with Crippen LogP contribution in [-0.2, 0) is 20.7 Å². The van der Waals surface area contributed by atoms with Crippen LogP contribution in [0.25, 0.3) is 0 Å². The van der Waals surface area contributed by atoms with Gasteiger partial charge < -0.3 is 20.7 Å². The summed E-state index contributed by atoms with van der Waals surface area (Å²) in [5, 5.41) is 8.16. The number of benzene rings is 1. The number of amides is 3. The van der Waals surface area contributed by atoms with Gasteiger partial charge in [-0.1, -0.05) is 24.3 Å². The second-order valence-corrected chi connectivity index (χ2v) is 7.66. The summed E-state index contributed by atoms with van der Waals surface area (Å²) in [6.07, 6.45) is 1.48. The maximum atomic E-state index is 11.9. The zero-order chi connectivity index (χ0) is 21.0. The first-order valence-corrected chi connectivity index (χ1v) is 9.72. The normalized spacial score (nSPS) is 10.9. The average molecular weight is 392 g/mol. The lowest BCUT2D eigenvalue weighted by Crippen LogP contribution is -2.35. The van der Waals surface area contributed by atoms with Crippen LogP contribution in [0.1, 0.15) is 51.2 Å². The highest BCUT2D eigenvalue weighted by Gasteiger charge is 2.15. The minimum absolute atomic E-state index is 0.0103. The van der Waals surface area contributed by atoms with E-state index < -0.39 is 11.7 Å². The standard InChI is InChI=1S/C21H33N3O4/c1-16-8-5-6-9-17(16)10-11-18(25)22-13-7-14-23-19(26)12-15-24-20(27)28-21(2,3)4/h5-6,8-9H,7,10-15H2,1-4H3,(H,22,25)(H,23,26)(H,24,27). The Kier molecular flexibility index (Phi) is 10.1. The van der Waals surface area contributed by atoms with Crippen LogP contribution < -0.4 is 16.0 Å². The molecule has 0 saturated carbocycles. The minimum Gasteiger partial charge on any atom is -0.444 e. The molecule has 7 heteroatoms. The first-order valence-electron chi connectivity index (χ1n) is 9.72. The van der Waals surface area contributed by atoms with E-state index >= 15 is 0 Å². The van der Waals surface area contributed by atoms with E-state index in [9.17, 15) is 14.4 Å². The molecule has 3 amide bonds. The van der Waals surface area contributed by atoms with Crippen molar-refractivity contribution in [3.8, 4) is 0 Å². The third kappa shape index (κ3) is 11.2. The number of carbonyl (C=O) groups is 3. The lowest BCUT2D eigenvalue weighted by molar-refractivity contribution is -0.121. The Morgan fingerprint density at radius 3 is 2.11 bits per heavy atom. The highest BCUT2D eigenvalue weighted by molar-refractivity contribution is 5.77. The maximum absolute atomic E-state index is 11.9. The number of nitrogens with one attached hydrogen (secondary N) is 3. The van der Waals surface area contributed by atoms with Crippen molar-refractivity contribution in [1.82, 2.24) is 16.0 Å². The Bertz CT molecular complexity index is 653. The van der Waals surface area contributed by atoms with Crippen molar-refractivity contribution in [3.05, 3.63) is 35.4 Å². The molecule has 1 aromatic rings. The van der Waals surface area contributed by atoms with Crippen molar-refractivity contribution in [1.29, 1.82) is 0 Å². The fourth-order valence-corrected chi connectivity index (χ4v) is 2.45. The largest absolute Gasteiger partial charge is 0.444 e. The summed E-state index contributed by atoms with van der Waals surface area (Å²) in [5.41, 5.74) is 1.82. The zero-order valence-electron chi connectivity index (χ0n) is 17.4. The molecular weight excluding hydrogens is 358 g/mol. The molecular formula is C21H33N3O4. The predicted octanol–water partition coefficient (Wildman–Crippen LogP) is 2.46. The van der Waals surface area contributed by atoms with Crippen LogP contribution in [0.2, 0.25) is 0 Å². The Labute approximate surface area is 167 Å². The summed E-state index contributed by atoms with van der Waals surface area (Å²) in [7, 11) is 0. The van der Waals surface area contributed by atoms with Crippen LogP contribution in [0, 0.1) is 6.92 Å². The van der Waals surface area contributed by atoms with Gasteiger partial charge in [0.2, 0.25) is 11.8 Å². The fraction of sp³-hybridized carbons (Fsp3) is 0.571. The second kappa shape index (κ2) is 12.0. The molecule has 0 unspecified atom stereocenters. The second-order valence-electron chi connectivity index (χ2n) is 7.66. The average Bonchev–Trinajstić information content (AvgIpc) is 2.59. The molecule has 156 valence electrons. The maximum Gasteiger partial charge on any atom is 0.407 e. The third-order valence-corrected chi connectivity index (χ3v) is 3.90. The molecule has 0 atom stereocenters. The molecule has 3 N–H and O–H groups in total. The van der Waals surface area contributed by atoms with Crippen LogP contribution in [-0.4, -0.2) is 43.1 Å². The van der Waals surface area contributed by atoms with Gasteiger partial charge in [0.1, 0.15) is 5.60 Å². The van der Waals surface area contributed by atoms with Gasteiger partial charge >= 0.3 is 6.09 Å². The minimum atomic E-state index is -0.559. The summed E-state index contributed by atoms with van der Waals surface area (Å²) in [6.45, 7) is 8.59. The van der Waals surface area contributed by atoms with Crippen LogP contribution in [0.3, 0.4) is 0 Å². The number of rotatable bonds is 10. The number of hydrogen-bond donors (Lipinski definition) is 3. The first kappa shape index (κ1) is 23.5. The molecule has 0 radical (unpaired) electrons. The molecule has 0 aromatic heterocycles. The van der Waals surface area contributed by atoms with Gasteiger partial charge in [0, 0.05) is 32.5 Å². The summed E-state index contributed by atoms with van der Waals surface area (Å²) in [6, 6.07) is 8.04.